The molecular weight excluding hydrogens is 323 g/mol. The van der Waals surface area contributed by atoms with Crippen molar-refractivity contribution in [3.05, 3.63) is 53.3 Å². The summed E-state index contributed by atoms with van der Waals surface area (Å²) in [6, 6.07) is 11.4. The van der Waals surface area contributed by atoms with Crippen molar-refractivity contribution < 1.29 is 9.18 Å². The van der Waals surface area contributed by atoms with Gasteiger partial charge in [0, 0.05) is 10.6 Å². The van der Waals surface area contributed by atoms with Crippen LogP contribution >= 0.6 is 23.4 Å². The van der Waals surface area contributed by atoms with E-state index < -0.39 is 11.9 Å². The predicted octanol–water partition coefficient (Wildman–Crippen LogP) is 4.64. The van der Waals surface area contributed by atoms with Gasteiger partial charge in [-0.1, -0.05) is 23.7 Å². The van der Waals surface area contributed by atoms with Gasteiger partial charge in [0.15, 0.2) is 0 Å². The zero-order valence-corrected chi connectivity index (χ0v) is 13.8. The molecule has 0 spiro atoms. The minimum atomic E-state index is -0.489. The van der Waals surface area contributed by atoms with Gasteiger partial charge in [-0.15, -0.1) is 11.8 Å². The average molecular weight is 339 g/mol. The van der Waals surface area contributed by atoms with Crippen molar-refractivity contribution in [1.82, 2.24) is 0 Å². The molecule has 1 atom stereocenters. The van der Waals surface area contributed by atoms with Crippen molar-refractivity contribution in [2.75, 3.05) is 16.9 Å². The SMILES string of the molecule is CSc1ccccc1NC(=O)[C@H](C)Nc1ccc(F)c(Cl)c1. The van der Waals surface area contributed by atoms with Gasteiger partial charge in [0.25, 0.3) is 0 Å². The molecule has 1 amide bonds. The molecule has 6 heteroatoms. The third kappa shape index (κ3) is 4.15. The van der Waals surface area contributed by atoms with Crippen molar-refractivity contribution in [1.29, 1.82) is 0 Å². The molecule has 0 aliphatic heterocycles. The number of para-hydroxylation sites is 1. The van der Waals surface area contributed by atoms with Crippen LogP contribution in [0.5, 0.6) is 0 Å². The number of anilines is 2. The number of thioether (sulfide) groups is 1. The van der Waals surface area contributed by atoms with Crippen molar-refractivity contribution in [2.45, 2.75) is 17.9 Å². The van der Waals surface area contributed by atoms with E-state index in [0.717, 1.165) is 10.6 Å². The molecule has 0 radical (unpaired) electrons. The predicted molar refractivity (Wildman–Crippen MR) is 91.3 cm³/mol. The molecule has 0 bridgehead atoms. The van der Waals surface area contributed by atoms with Gasteiger partial charge in [0.05, 0.1) is 10.7 Å². The summed E-state index contributed by atoms with van der Waals surface area (Å²) in [6.45, 7) is 1.73. The molecule has 0 saturated carbocycles. The lowest BCUT2D eigenvalue weighted by Crippen LogP contribution is -2.32. The Hall–Kier alpha value is -1.72. The molecule has 22 heavy (non-hydrogen) atoms. The lowest BCUT2D eigenvalue weighted by Gasteiger charge is -2.16. The third-order valence-electron chi connectivity index (χ3n) is 3.06. The highest BCUT2D eigenvalue weighted by Crippen LogP contribution is 2.25. The Morgan fingerprint density at radius 1 is 1.27 bits per heavy atom. The highest BCUT2D eigenvalue weighted by Gasteiger charge is 2.14. The van der Waals surface area contributed by atoms with E-state index in [1.807, 2.05) is 30.5 Å². The first kappa shape index (κ1) is 16.6. The Kier molecular flexibility index (Phi) is 5.69. The van der Waals surface area contributed by atoms with Gasteiger partial charge >= 0.3 is 0 Å². The first-order valence-corrected chi connectivity index (χ1v) is 8.27. The molecule has 2 rings (SSSR count). The summed E-state index contributed by atoms with van der Waals surface area (Å²) in [6.07, 6.45) is 1.95. The van der Waals surface area contributed by atoms with Crippen molar-refractivity contribution in [2.24, 2.45) is 0 Å². The standard InChI is InChI=1S/C16H16ClFN2OS/c1-10(19-11-7-8-13(18)12(17)9-11)16(21)20-14-5-3-4-6-15(14)22-2/h3-10,19H,1-2H3,(H,20,21)/t10-/m0/s1. The van der Waals surface area contributed by atoms with E-state index in [-0.39, 0.29) is 10.9 Å². The van der Waals surface area contributed by atoms with Crippen LogP contribution in [0.2, 0.25) is 5.02 Å². The Bertz CT molecular complexity index is 681. The second-order valence-electron chi connectivity index (χ2n) is 4.68. The minimum absolute atomic E-state index is 0.0188. The molecular formula is C16H16ClFN2OS. The maximum Gasteiger partial charge on any atom is 0.246 e. The fourth-order valence-electron chi connectivity index (χ4n) is 1.89. The first-order valence-electron chi connectivity index (χ1n) is 6.66. The molecule has 116 valence electrons. The number of halogens is 2. The van der Waals surface area contributed by atoms with Crippen molar-refractivity contribution >= 4 is 40.6 Å². The summed E-state index contributed by atoms with van der Waals surface area (Å²) in [7, 11) is 0. The third-order valence-corrected chi connectivity index (χ3v) is 4.15. The summed E-state index contributed by atoms with van der Waals surface area (Å²) < 4.78 is 13.1. The van der Waals surface area contributed by atoms with E-state index in [2.05, 4.69) is 10.6 Å². The Morgan fingerprint density at radius 2 is 2.00 bits per heavy atom. The van der Waals surface area contributed by atoms with Crippen molar-refractivity contribution in [3.63, 3.8) is 0 Å². The maximum atomic E-state index is 13.1. The number of carbonyl (C=O) groups excluding carboxylic acids is 1. The molecule has 3 nitrogen and oxygen atoms in total. The molecule has 2 aromatic carbocycles. The quantitative estimate of drug-likeness (QED) is 0.780. The number of benzene rings is 2. The fraction of sp³-hybridized carbons (Fsp3) is 0.188. The molecule has 0 aromatic heterocycles. The second-order valence-corrected chi connectivity index (χ2v) is 5.94. The normalized spacial score (nSPS) is 11.8. The number of hydrogen-bond donors (Lipinski definition) is 2. The van der Waals surface area contributed by atoms with Gasteiger partial charge < -0.3 is 10.6 Å². The molecule has 2 N–H and O–H groups in total. The van der Waals surface area contributed by atoms with E-state index in [1.165, 1.54) is 12.1 Å². The summed E-state index contributed by atoms with van der Waals surface area (Å²) >= 11 is 7.29. The number of amides is 1. The van der Waals surface area contributed by atoms with Crippen LogP contribution in [0.3, 0.4) is 0 Å². The monoisotopic (exact) mass is 338 g/mol. The van der Waals surface area contributed by atoms with Crippen LogP contribution in [0.1, 0.15) is 6.92 Å². The smallest absolute Gasteiger partial charge is 0.246 e. The Morgan fingerprint density at radius 3 is 2.68 bits per heavy atom. The highest BCUT2D eigenvalue weighted by atomic mass is 35.5. The lowest BCUT2D eigenvalue weighted by molar-refractivity contribution is -0.116. The minimum Gasteiger partial charge on any atom is -0.374 e. The van der Waals surface area contributed by atoms with E-state index in [4.69, 9.17) is 11.6 Å². The highest BCUT2D eigenvalue weighted by molar-refractivity contribution is 7.98. The van der Waals surface area contributed by atoms with Crippen molar-refractivity contribution in [3.8, 4) is 0 Å². The van der Waals surface area contributed by atoms with Gasteiger partial charge in [0.2, 0.25) is 5.91 Å². The molecule has 0 fully saturated rings. The van der Waals surface area contributed by atoms with Crippen LogP contribution < -0.4 is 10.6 Å². The van der Waals surface area contributed by atoms with Crippen LogP contribution in [-0.4, -0.2) is 18.2 Å². The Balaban J connectivity index is 2.04. The van der Waals surface area contributed by atoms with Gasteiger partial charge in [0.1, 0.15) is 11.9 Å². The van der Waals surface area contributed by atoms with Crippen LogP contribution in [0.25, 0.3) is 0 Å². The molecule has 0 unspecified atom stereocenters. The zero-order valence-electron chi connectivity index (χ0n) is 12.2. The molecule has 0 heterocycles. The topological polar surface area (TPSA) is 41.1 Å². The zero-order chi connectivity index (χ0) is 16.1. The number of rotatable bonds is 5. The largest absolute Gasteiger partial charge is 0.374 e. The Labute approximate surface area is 138 Å². The van der Waals surface area contributed by atoms with Crippen LogP contribution in [-0.2, 0) is 4.79 Å². The van der Waals surface area contributed by atoms with Gasteiger partial charge in [-0.05, 0) is 43.5 Å². The summed E-state index contributed by atoms with van der Waals surface area (Å²) in [5, 5.41) is 5.89. The van der Waals surface area contributed by atoms with Crippen LogP contribution in [0.15, 0.2) is 47.4 Å². The van der Waals surface area contributed by atoms with E-state index in [0.29, 0.717) is 5.69 Å². The number of hydrogen-bond acceptors (Lipinski definition) is 3. The van der Waals surface area contributed by atoms with E-state index in [1.54, 1.807) is 24.8 Å². The van der Waals surface area contributed by atoms with E-state index >= 15 is 0 Å². The summed E-state index contributed by atoms with van der Waals surface area (Å²) in [5.74, 6) is -0.667. The van der Waals surface area contributed by atoms with Gasteiger partial charge in [-0.25, -0.2) is 4.39 Å². The fourth-order valence-corrected chi connectivity index (χ4v) is 2.62. The second kappa shape index (κ2) is 7.51. The average Bonchev–Trinajstić information content (AvgIpc) is 2.51. The molecule has 2 aromatic rings. The van der Waals surface area contributed by atoms with E-state index in [9.17, 15) is 9.18 Å². The summed E-state index contributed by atoms with van der Waals surface area (Å²) in [4.78, 5) is 13.2. The van der Waals surface area contributed by atoms with Crippen LogP contribution in [0, 0.1) is 5.82 Å². The van der Waals surface area contributed by atoms with Crippen LogP contribution in [0.4, 0.5) is 15.8 Å². The molecule has 0 aliphatic rings. The van der Waals surface area contributed by atoms with Gasteiger partial charge in [-0.3, -0.25) is 4.79 Å². The molecule has 0 saturated heterocycles. The molecule has 0 aliphatic carbocycles. The maximum absolute atomic E-state index is 13.1. The number of nitrogens with one attached hydrogen (secondary N) is 2. The van der Waals surface area contributed by atoms with Gasteiger partial charge in [-0.2, -0.15) is 0 Å². The number of carbonyl (C=O) groups is 1. The lowest BCUT2D eigenvalue weighted by atomic mass is 10.2. The summed E-state index contributed by atoms with van der Waals surface area (Å²) in [5.41, 5.74) is 1.36. The first-order chi connectivity index (χ1) is 10.5.